The first-order chi connectivity index (χ1) is 9.74. The Kier molecular flexibility index (Phi) is 3.52. The molecule has 20 heavy (non-hydrogen) atoms. The summed E-state index contributed by atoms with van der Waals surface area (Å²) in [6.07, 6.45) is 1.62. The van der Waals surface area contributed by atoms with Crippen molar-refractivity contribution in [3.63, 3.8) is 0 Å². The average molecular weight is 272 g/mol. The highest BCUT2D eigenvalue weighted by molar-refractivity contribution is 5.73. The van der Waals surface area contributed by atoms with Crippen LogP contribution in [0, 0.1) is 0 Å². The fourth-order valence-electron chi connectivity index (χ4n) is 2.63. The number of hydrogen-bond donors (Lipinski definition) is 1. The van der Waals surface area contributed by atoms with E-state index in [-0.39, 0.29) is 0 Å². The van der Waals surface area contributed by atoms with Crippen molar-refractivity contribution in [1.82, 2.24) is 10.1 Å². The van der Waals surface area contributed by atoms with E-state index >= 15 is 0 Å². The number of nitrogens with zero attached hydrogens (tertiary/aromatic N) is 2. The molecule has 1 atom stereocenters. The van der Waals surface area contributed by atoms with Gasteiger partial charge in [0.2, 0.25) is 0 Å². The molecule has 0 bridgehead atoms. The van der Waals surface area contributed by atoms with E-state index in [9.17, 15) is 4.79 Å². The van der Waals surface area contributed by atoms with Crippen molar-refractivity contribution in [2.45, 2.75) is 25.4 Å². The van der Waals surface area contributed by atoms with Crippen LogP contribution in [0.2, 0.25) is 0 Å². The van der Waals surface area contributed by atoms with Crippen LogP contribution in [0.4, 0.5) is 0 Å². The fraction of sp³-hybridized carbons (Fsp3) is 0.333. The highest BCUT2D eigenvalue weighted by Gasteiger charge is 2.30. The van der Waals surface area contributed by atoms with Crippen molar-refractivity contribution < 1.29 is 14.4 Å². The molecule has 1 fully saturated rings. The number of rotatable bonds is 4. The number of carbonyl (C=O) groups is 1. The molecule has 1 aliphatic rings. The summed E-state index contributed by atoms with van der Waals surface area (Å²) < 4.78 is 5.33. The van der Waals surface area contributed by atoms with Gasteiger partial charge in [-0.2, -0.15) is 0 Å². The quantitative estimate of drug-likeness (QED) is 0.925. The second-order valence-electron chi connectivity index (χ2n) is 5.02. The summed E-state index contributed by atoms with van der Waals surface area (Å²) in [5.41, 5.74) is 1.75. The lowest BCUT2D eigenvalue weighted by Crippen LogP contribution is -2.35. The van der Waals surface area contributed by atoms with E-state index in [1.807, 2.05) is 41.3 Å². The summed E-state index contributed by atoms with van der Waals surface area (Å²) in [6, 6.07) is 11.2. The highest BCUT2D eigenvalue weighted by atomic mass is 16.5. The lowest BCUT2D eigenvalue weighted by atomic mass is 10.1. The number of aromatic nitrogens is 1. The summed E-state index contributed by atoms with van der Waals surface area (Å²) in [6.45, 7) is 1.32. The summed E-state index contributed by atoms with van der Waals surface area (Å²) in [5, 5.41) is 13.2. The molecular weight excluding hydrogens is 256 g/mol. The van der Waals surface area contributed by atoms with Crippen LogP contribution in [0.5, 0.6) is 0 Å². The van der Waals surface area contributed by atoms with Gasteiger partial charge in [-0.3, -0.25) is 9.69 Å². The Morgan fingerprint density at radius 2 is 2.20 bits per heavy atom. The van der Waals surface area contributed by atoms with Crippen LogP contribution in [0.25, 0.3) is 11.3 Å². The van der Waals surface area contributed by atoms with E-state index in [2.05, 4.69) is 5.16 Å². The zero-order chi connectivity index (χ0) is 13.9. The second-order valence-corrected chi connectivity index (χ2v) is 5.02. The molecular formula is C15H16N2O3. The molecule has 0 radical (unpaired) electrons. The third-order valence-corrected chi connectivity index (χ3v) is 3.63. The Morgan fingerprint density at radius 3 is 2.95 bits per heavy atom. The summed E-state index contributed by atoms with van der Waals surface area (Å²) in [4.78, 5) is 13.1. The molecule has 0 spiro atoms. The standard InChI is InChI=1S/C15H16N2O3/c18-15(19)13-7-4-8-17(13)10-12-9-14(20-16-12)11-5-2-1-3-6-11/h1-3,5-6,9,13H,4,7-8,10H2,(H,18,19). The van der Waals surface area contributed by atoms with Crippen LogP contribution in [0.3, 0.4) is 0 Å². The van der Waals surface area contributed by atoms with Crippen LogP contribution in [0.1, 0.15) is 18.5 Å². The first-order valence-corrected chi connectivity index (χ1v) is 6.72. The lowest BCUT2D eigenvalue weighted by molar-refractivity contribution is -0.142. The van der Waals surface area contributed by atoms with E-state index in [4.69, 9.17) is 9.63 Å². The predicted octanol–water partition coefficient (Wildman–Crippen LogP) is 2.39. The van der Waals surface area contributed by atoms with E-state index in [1.165, 1.54) is 0 Å². The number of likely N-dealkylation sites (tertiary alicyclic amines) is 1. The Hall–Kier alpha value is -2.14. The lowest BCUT2D eigenvalue weighted by Gasteiger charge is -2.19. The van der Waals surface area contributed by atoms with Crippen molar-refractivity contribution in [2.75, 3.05) is 6.54 Å². The van der Waals surface area contributed by atoms with Gasteiger partial charge in [0.05, 0.1) is 5.69 Å². The minimum absolute atomic E-state index is 0.396. The van der Waals surface area contributed by atoms with Crippen molar-refractivity contribution in [3.8, 4) is 11.3 Å². The van der Waals surface area contributed by atoms with Gasteiger partial charge in [0.25, 0.3) is 0 Å². The summed E-state index contributed by atoms with van der Waals surface area (Å²) >= 11 is 0. The molecule has 2 heterocycles. The first-order valence-electron chi connectivity index (χ1n) is 6.72. The van der Waals surface area contributed by atoms with Gasteiger partial charge in [-0.15, -0.1) is 0 Å². The highest BCUT2D eigenvalue weighted by Crippen LogP contribution is 2.23. The van der Waals surface area contributed by atoms with Crippen LogP contribution in [-0.4, -0.2) is 33.7 Å². The molecule has 3 rings (SSSR count). The summed E-state index contributed by atoms with van der Waals surface area (Å²) in [5.74, 6) is -0.0408. The number of aliphatic carboxylic acids is 1. The Morgan fingerprint density at radius 1 is 1.40 bits per heavy atom. The smallest absolute Gasteiger partial charge is 0.320 e. The fourth-order valence-corrected chi connectivity index (χ4v) is 2.63. The Bertz CT molecular complexity index is 594. The van der Waals surface area contributed by atoms with Gasteiger partial charge in [0.15, 0.2) is 5.76 Å². The normalized spacial score (nSPS) is 19.3. The monoisotopic (exact) mass is 272 g/mol. The molecule has 5 nitrogen and oxygen atoms in total. The van der Waals surface area contributed by atoms with Gasteiger partial charge in [0.1, 0.15) is 6.04 Å². The van der Waals surface area contributed by atoms with Gasteiger partial charge in [-0.25, -0.2) is 0 Å². The molecule has 1 unspecified atom stereocenters. The van der Waals surface area contributed by atoms with Crippen LogP contribution in [0.15, 0.2) is 40.9 Å². The zero-order valence-electron chi connectivity index (χ0n) is 11.0. The molecule has 0 saturated carbocycles. The minimum Gasteiger partial charge on any atom is -0.480 e. The van der Waals surface area contributed by atoms with Crippen molar-refractivity contribution >= 4 is 5.97 Å². The molecule has 1 saturated heterocycles. The maximum Gasteiger partial charge on any atom is 0.320 e. The summed E-state index contributed by atoms with van der Waals surface area (Å²) in [7, 11) is 0. The topological polar surface area (TPSA) is 66.6 Å². The van der Waals surface area contributed by atoms with E-state index in [0.29, 0.717) is 18.7 Å². The molecule has 1 aromatic heterocycles. The second kappa shape index (κ2) is 5.46. The molecule has 1 aliphatic heterocycles. The molecule has 104 valence electrons. The van der Waals surface area contributed by atoms with Crippen LogP contribution < -0.4 is 0 Å². The molecule has 5 heteroatoms. The van der Waals surface area contributed by atoms with Gasteiger partial charge in [-0.1, -0.05) is 35.5 Å². The van der Waals surface area contributed by atoms with Crippen molar-refractivity contribution in [3.05, 3.63) is 42.1 Å². The SMILES string of the molecule is O=C(O)C1CCCN1Cc1cc(-c2ccccc2)on1. The molecule has 1 aromatic carbocycles. The largest absolute Gasteiger partial charge is 0.480 e. The Labute approximate surface area is 116 Å². The maximum absolute atomic E-state index is 11.1. The van der Waals surface area contributed by atoms with E-state index in [1.54, 1.807) is 0 Å². The first kappa shape index (κ1) is 12.9. The molecule has 0 amide bonds. The number of hydrogen-bond acceptors (Lipinski definition) is 4. The average Bonchev–Trinajstić information content (AvgIpc) is 3.09. The third-order valence-electron chi connectivity index (χ3n) is 3.63. The van der Waals surface area contributed by atoms with Gasteiger partial charge in [0, 0.05) is 18.2 Å². The minimum atomic E-state index is -0.755. The van der Waals surface area contributed by atoms with Crippen LogP contribution in [-0.2, 0) is 11.3 Å². The number of carboxylic acids is 1. The predicted molar refractivity (Wildman–Crippen MR) is 73.0 cm³/mol. The Balaban J connectivity index is 1.73. The van der Waals surface area contributed by atoms with Crippen molar-refractivity contribution in [1.29, 1.82) is 0 Å². The number of benzene rings is 1. The van der Waals surface area contributed by atoms with Crippen LogP contribution >= 0.6 is 0 Å². The molecule has 1 N–H and O–H groups in total. The zero-order valence-corrected chi connectivity index (χ0v) is 11.0. The van der Waals surface area contributed by atoms with E-state index in [0.717, 1.165) is 24.2 Å². The van der Waals surface area contributed by atoms with Gasteiger partial charge >= 0.3 is 5.97 Å². The van der Waals surface area contributed by atoms with Gasteiger partial charge in [-0.05, 0) is 19.4 Å². The molecule has 2 aromatic rings. The maximum atomic E-state index is 11.1. The third kappa shape index (κ3) is 2.58. The van der Waals surface area contributed by atoms with Crippen molar-refractivity contribution in [2.24, 2.45) is 0 Å². The van der Waals surface area contributed by atoms with Gasteiger partial charge < -0.3 is 9.63 Å². The van der Waals surface area contributed by atoms with E-state index < -0.39 is 12.0 Å². The molecule has 0 aliphatic carbocycles. The number of carboxylic acid groups (broad SMARTS) is 1.